The average Bonchev–Trinajstić information content (AvgIpc) is 3.18. The number of fused-ring (bicyclic) bond motifs is 12. The summed E-state index contributed by atoms with van der Waals surface area (Å²) in [7, 11) is 0. The molecule has 50 heavy (non-hydrogen) atoms. The maximum atomic E-state index is 5.25. The lowest BCUT2D eigenvalue weighted by Crippen LogP contribution is -2.00. The third-order valence-corrected chi connectivity index (χ3v) is 9.70. The Bertz CT molecular complexity index is 2820. The molecule has 6 heteroatoms. The quantitative estimate of drug-likeness (QED) is 0.179. The van der Waals surface area contributed by atoms with Gasteiger partial charge in [0.1, 0.15) is 11.4 Å². The molecular formula is C44H28N6. The van der Waals surface area contributed by atoms with E-state index in [9.17, 15) is 0 Å². The van der Waals surface area contributed by atoms with Crippen molar-refractivity contribution in [1.29, 1.82) is 0 Å². The second kappa shape index (κ2) is 10.9. The van der Waals surface area contributed by atoms with Crippen LogP contribution in [0, 0.1) is 13.8 Å². The van der Waals surface area contributed by atoms with E-state index in [2.05, 4.69) is 97.1 Å². The molecule has 0 radical (unpaired) electrons. The molecule has 6 nitrogen and oxygen atoms in total. The monoisotopic (exact) mass is 640 g/mol. The fraction of sp³-hybridized carbons (Fsp3) is 0.0455. The van der Waals surface area contributed by atoms with Crippen molar-refractivity contribution in [3.8, 4) is 34.2 Å². The first kappa shape index (κ1) is 28.4. The van der Waals surface area contributed by atoms with Crippen molar-refractivity contribution in [2.75, 3.05) is 0 Å². The van der Waals surface area contributed by atoms with Gasteiger partial charge in [-0.05, 0) is 59.7 Å². The molecule has 10 aromatic rings. The van der Waals surface area contributed by atoms with E-state index in [0.717, 1.165) is 99.9 Å². The van der Waals surface area contributed by atoms with Gasteiger partial charge in [0.15, 0.2) is 0 Å². The Morgan fingerprint density at radius 2 is 0.540 bits per heavy atom. The molecule has 0 fully saturated rings. The SMILES string of the molecule is Cc1nc2c3ccccc3c3ccccc3c2nc1-c1cccc(-c2cccc(-c3nc4c5ccccc5c5ccccc5c4nc3C)n2)n1. The maximum absolute atomic E-state index is 5.25. The summed E-state index contributed by atoms with van der Waals surface area (Å²) in [6.45, 7) is 4.01. The molecule has 0 N–H and O–H groups in total. The Kier molecular flexibility index (Phi) is 6.20. The zero-order valence-electron chi connectivity index (χ0n) is 27.4. The zero-order chi connectivity index (χ0) is 33.3. The highest BCUT2D eigenvalue weighted by molar-refractivity contribution is 6.24. The third-order valence-electron chi connectivity index (χ3n) is 9.70. The van der Waals surface area contributed by atoms with Crippen molar-refractivity contribution in [2.24, 2.45) is 0 Å². The molecule has 10 rings (SSSR count). The van der Waals surface area contributed by atoms with Crippen molar-refractivity contribution in [1.82, 2.24) is 29.9 Å². The summed E-state index contributed by atoms with van der Waals surface area (Å²) < 4.78 is 0. The van der Waals surface area contributed by atoms with Crippen LogP contribution in [0.1, 0.15) is 11.4 Å². The van der Waals surface area contributed by atoms with E-state index < -0.39 is 0 Å². The molecule has 0 aliphatic heterocycles. The third kappa shape index (κ3) is 4.28. The van der Waals surface area contributed by atoms with Gasteiger partial charge in [-0.2, -0.15) is 0 Å². The van der Waals surface area contributed by atoms with Gasteiger partial charge >= 0.3 is 0 Å². The van der Waals surface area contributed by atoms with Gasteiger partial charge in [-0.25, -0.2) is 29.9 Å². The topological polar surface area (TPSA) is 77.3 Å². The largest absolute Gasteiger partial charge is 0.248 e. The van der Waals surface area contributed by atoms with Crippen LogP contribution >= 0.6 is 0 Å². The first-order chi connectivity index (χ1) is 24.6. The van der Waals surface area contributed by atoms with E-state index in [-0.39, 0.29) is 0 Å². The number of nitrogens with zero attached hydrogens (tertiary/aromatic N) is 6. The van der Waals surface area contributed by atoms with Gasteiger partial charge < -0.3 is 0 Å². The van der Waals surface area contributed by atoms with Crippen LogP contribution in [-0.2, 0) is 0 Å². The van der Waals surface area contributed by atoms with Crippen LogP contribution in [0.5, 0.6) is 0 Å². The maximum Gasteiger partial charge on any atom is 0.111 e. The van der Waals surface area contributed by atoms with E-state index >= 15 is 0 Å². The standard InChI is InChI=1S/C44H28N6/c1-25-39(49-43-33-19-9-5-15-29(33)27-13-3-7-17-31(27)41(43)45-25)37-23-11-21-35(47-37)36-22-12-24-38(48-36)40-26(2)46-42-32-18-8-4-14-28(32)30-16-6-10-20-34(30)44(42)50-40/h3-24H,1-2H3. The minimum absolute atomic E-state index is 0.747. The van der Waals surface area contributed by atoms with Gasteiger partial charge in [-0.15, -0.1) is 0 Å². The van der Waals surface area contributed by atoms with Crippen LogP contribution in [0.2, 0.25) is 0 Å². The second-order valence-corrected chi connectivity index (χ2v) is 12.7. The van der Waals surface area contributed by atoms with Crippen molar-refractivity contribution in [3.05, 3.63) is 145 Å². The molecule has 4 aromatic heterocycles. The molecule has 0 bridgehead atoms. The van der Waals surface area contributed by atoms with Crippen LogP contribution in [-0.4, -0.2) is 29.9 Å². The second-order valence-electron chi connectivity index (χ2n) is 12.7. The highest BCUT2D eigenvalue weighted by Gasteiger charge is 2.18. The van der Waals surface area contributed by atoms with Gasteiger partial charge in [-0.1, -0.05) is 109 Å². The van der Waals surface area contributed by atoms with Crippen LogP contribution < -0.4 is 0 Å². The van der Waals surface area contributed by atoms with Crippen molar-refractivity contribution < 1.29 is 0 Å². The van der Waals surface area contributed by atoms with Gasteiger partial charge in [0.25, 0.3) is 0 Å². The lowest BCUT2D eigenvalue weighted by Gasteiger charge is -2.13. The van der Waals surface area contributed by atoms with E-state index in [1.54, 1.807) is 0 Å². The summed E-state index contributed by atoms with van der Waals surface area (Å²) in [5.41, 5.74) is 9.70. The predicted molar refractivity (Wildman–Crippen MR) is 204 cm³/mol. The molecule has 0 aliphatic carbocycles. The number of pyridine rings is 2. The number of hydrogen-bond acceptors (Lipinski definition) is 6. The highest BCUT2D eigenvalue weighted by Crippen LogP contribution is 2.37. The van der Waals surface area contributed by atoms with Crippen molar-refractivity contribution in [2.45, 2.75) is 13.8 Å². The van der Waals surface area contributed by atoms with E-state index in [1.807, 2.05) is 50.2 Å². The molecule has 0 spiro atoms. The van der Waals surface area contributed by atoms with Gasteiger partial charge in [0.2, 0.25) is 0 Å². The van der Waals surface area contributed by atoms with Crippen LogP contribution in [0.3, 0.4) is 0 Å². The van der Waals surface area contributed by atoms with Crippen molar-refractivity contribution in [3.63, 3.8) is 0 Å². The smallest absolute Gasteiger partial charge is 0.111 e. The molecule has 0 saturated carbocycles. The fourth-order valence-electron chi connectivity index (χ4n) is 7.39. The zero-order valence-corrected chi connectivity index (χ0v) is 27.4. The summed E-state index contributed by atoms with van der Waals surface area (Å²) in [6, 6.07) is 45.6. The Balaban J connectivity index is 1.11. The van der Waals surface area contributed by atoms with E-state index in [4.69, 9.17) is 29.9 Å². The Morgan fingerprint density at radius 1 is 0.260 bits per heavy atom. The highest BCUT2D eigenvalue weighted by atomic mass is 14.9. The Morgan fingerprint density at radius 3 is 0.880 bits per heavy atom. The molecule has 0 unspecified atom stereocenters. The summed E-state index contributed by atoms with van der Waals surface area (Å²) in [6.07, 6.45) is 0. The fourth-order valence-corrected chi connectivity index (χ4v) is 7.39. The minimum Gasteiger partial charge on any atom is -0.248 e. The van der Waals surface area contributed by atoms with Crippen LogP contribution in [0.15, 0.2) is 133 Å². The molecule has 0 saturated heterocycles. The number of aromatic nitrogens is 6. The van der Waals surface area contributed by atoms with Crippen molar-refractivity contribution >= 4 is 65.2 Å². The molecule has 0 amide bonds. The van der Waals surface area contributed by atoms with Crippen LogP contribution in [0.25, 0.3) is 99.3 Å². The van der Waals surface area contributed by atoms with E-state index in [1.165, 1.54) is 10.8 Å². The van der Waals surface area contributed by atoms with Gasteiger partial charge in [-0.3, -0.25) is 0 Å². The average molecular weight is 641 g/mol. The summed E-state index contributed by atoms with van der Waals surface area (Å²) >= 11 is 0. The molecule has 234 valence electrons. The summed E-state index contributed by atoms with van der Waals surface area (Å²) in [5, 5.41) is 9.03. The van der Waals surface area contributed by atoms with Gasteiger partial charge in [0.05, 0.1) is 56.2 Å². The number of benzene rings is 6. The molecule has 0 atom stereocenters. The summed E-state index contributed by atoms with van der Waals surface area (Å²) in [5.74, 6) is 0. The first-order valence-electron chi connectivity index (χ1n) is 16.7. The number of hydrogen-bond donors (Lipinski definition) is 0. The van der Waals surface area contributed by atoms with Gasteiger partial charge in [0, 0.05) is 21.5 Å². The number of rotatable bonds is 3. The van der Waals surface area contributed by atoms with E-state index in [0.29, 0.717) is 0 Å². The lowest BCUT2D eigenvalue weighted by molar-refractivity contribution is 1.15. The first-order valence-corrected chi connectivity index (χ1v) is 16.7. The predicted octanol–water partition coefficient (Wildman–Crippen LogP) is 10.6. The molecular weight excluding hydrogens is 613 g/mol. The normalized spacial score (nSPS) is 11.8. The number of aryl methyl sites for hydroxylation is 2. The molecule has 0 aliphatic rings. The minimum atomic E-state index is 0.747. The molecule has 6 aromatic carbocycles. The molecule has 4 heterocycles. The Hall–Kier alpha value is -6.66. The summed E-state index contributed by atoms with van der Waals surface area (Å²) in [4.78, 5) is 31.0. The Labute approximate surface area is 287 Å². The lowest BCUT2D eigenvalue weighted by atomic mass is 9.99. The van der Waals surface area contributed by atoms with Crippen LogP contribution in [0.4, 0.5) is 0 Å².